The summed E-state index contributed by atoms with van der Waals surface area (Å²) < 4.78 is 0. The van der Waals surface area contributed by atoms with E-state index in [0.717, 1.165) is 37.1 Å². The molecule has 0 bridgehead atoms. The molecule has 1 fully saturated rings. The normalized spacial score (nSPS) is 14.8. The average Bonchev–Trinajstić information content (AvgIpc) is 3.20. The Morgan fingerprint density at radius 3 is 2.48 bits per heavy atom. The lowest BCUT2D eigenvalue weighted by Gasteiger charge is -2.17. The number of aliphatic hydroxyl groups excluding tert-OH is 1. The Hall–Kier alpha value is -2.93. The molecular weight excluding hydrogens is 346 g/mol. The van der Waals surface area contributed by atoms with E-state index < -0.39 is 11.0 Å². The first-order chi connectivity index (χ1) is 13.0. The third-order valence-corrected chi connectivity index (χ3v) is 4.80. The first-order valence-corrected chi connectivity index (χ1v) is 9.04. The number of nitrogens with zero attached hydrogens (tertiary/aromatic N) is 2. The Kier molecular flexibility index (Phi) is 5.71. The van der Waals surface area contributed by atoms with Crippen LogP contribution in [0.2, 0.25) is 0 Å². The van der Waals surface area contributed by atoms with Crippen molar-refractivity contribution in [3.8, 4) is 0 Å². The topological polar surface area (TPSA) is 95.7 Å². The van der Waals surface area contributed by atoms with Crippen molar-refractivity contribution in [2.75, 3.05) is 18.0 Å². The van der Waals surface area contributed by atoms with Gasteiger partial charge < -0.3 is 15.3 Å². The smallest absolute Gasteiger partial charge is 0.293 e. The van der Waals surface area contributed by atoms with Crippen molar-refractivity contribution in [2.24, 2.45) is 0 Å². The van der Waals surface area contributed by atoms with E-state index in [-0.39, 0.29) is 17.2 Å². The molecule has 0 unspecified atom stereocenters. The maximum Gasteiger partial charge on any atom is 0.293 e. The number of carbonyl (C=O) groups excluding carboxylic acids is 1. The van der Waals surface area contributed by atoms with E-state index >= 15 is 0 Å². The number of amides is 1. The van der Waals surface area contributed by atoms with Crippen LogP contribution < -0.4 is 10.2 Å². The molecule has 1 aliphatic rings. The summed E-state index contributed by atoms with van der Waals surface area (Å²) in [4.78, 5) is 25.4. The minimum absolute atomic E-state index is 0.0363. The van der Waals surface area contributed by atoms with Gasteiger partial charge in [-0.3, -0.25) is 14.9 Å². The lowest BCUT2D eigenvalue weighted by atomic mass is 10.1. The van der Waals surface area contributed by atoms with Gasteiger partial charge in [-0.15, -0.1) is 0 Å². The number of nitrogens with one attached hydrogen (secondary N) is 1. The molecule has 7 nitrogen and oxygen atoms in total. The quantitative estimate of drug-likeness (QED) is 0.602. The van der Waals surface area contributed by atoms with E-state index in [1.807, 2.05) is 29.2 Å². The van der Waals surface area contributed by atoms with Gasteiger partial charge in [-0.1, -0.05) is 24.3 Å². The minimum Gasteiger partial charge on any atom is -0.389 e. The van der Waals surface area contributed by atoms with Gasteiger partial charge in [0, 0.05) is 31.3 Å². The summed E-state index contributed by atoms with van der Waals surface area (Å²) >= 11 is 0. The third-order valence-electron chi connectivity index (χ3n) is 4.80. The number of benzene rings is 2. The van der Waals surface area contributed by atoms with Crippen LogP contribution in [-0.4, -0.2) is 29.0 Å². The molecule has 1 aliphatic heterocycles. The minimum atomic E-state index is -0.539. The van der Waals surface area contributed by atoms with Crippen LogP contribution in [0.15, 0.2) is 42.5 Å². The fourth-order valence-electron chi connectivity index (χ4n) is 3.23. The number of anilines is 1. The first-order valence-electron chi connectivity index (χ1n) is 9.04. The fourth-order valence-corrected chi connectivity index (χ4v) is 3.23. The molecule has 1 saturated heterocycles. The molecule has 0 aliphatic carbocycles. The lowest BCUT2D eigenvalue weighted by molar-refractivity contribution is -0.384. The number of hydrogen-bond acceptors (Lipinski definition) is 5. The van der Waals surface area contributed by atoms with Gasteiger partial charge in [0.1, 0.15) is 5.69 Å². The highest BCUT2D eigenvalue weighted by molar-refractivity contribution is 5.95. The Balaban J connectivity index is 1.70. The molecule has 27 heavy (non-hydrogen) atoms. The van der Waals surface area contributed by atoms with Gasteiger partial charge in [-0.25, -0.2) is 0 Å². The number of carbonyl (C=O) groups is 1. The van der Waals surface area contributed by atoms with Gasteiger partial charge in [0.25, 0.3) is 11.6 Å². The van der Waals surface area contributed by atoms with Gasteiger partial charge in [-0.2, -0.15) is 0 Å². The molecule has 2 aromatic carbocycles. The second-order valence-corrected chi connectivity index (χ2v) is 6.75. The molecule has 0 saturated carbocycles. The van der Waals surface area contributed by atoms with Crippen LogP contribution in [0.25, 0.3) is 0 Å². The second kappa shape index (κ2) is 8.18. The summed E-state index contributed by atoms with van der Waals surface area (Å²) in [6.45, 7) is 3.60. The van der Waals surface area contributed by atoms with E-state index in [4.69, 9.17) is 0 Å². The molecule has 2 N–H and O–H groups in total. The zero-order valence-corrected chi connectivity index (χ0v) is 15.2. The standard InChI is InChI=1S/C20H23N3O4/c1-14(24)16-6-4-15(5-7-16)13-21-20(25)17-8-9-18(19(12-17)23(26)27)22-10-2-3-11-22/h4-9,12,14,24H,2-3,10-11,13H2,1H3,(H,21,25)/t14-/m1/s1. The monoisotopic (exact) mass is 369 g/mol. The van der Waals surface area contributed by atoms with Gasteiger partial charge in [-0.05, 0) is 43.0 Å². The second-order valence-electron chi connectivity index (χ2n) is 6.75. The van der Waals surface area contributed by atoms with Crippen molar-refractivity contribution in [3.63, 3.8) is 0 Å². The van der Waals surface area contributed by atoms with E-state index in [9.17, 15) is 20.0 Å². The summed E-state index contributed by atoms with van der Waals surface area (Å²) in [5.41, 5.74) is 2.49. The average molecular weight is 369 g/mol. The highest BCUT2D eigenvalue weighted by Gasteiger charge is 2.23. The van der Waals surface area contributed by atoms with Crippen molar-refractivity contribution < 1.29 is 14.8 Å². The Morgan fingerprint density at radius 2 is 1.89 bits per heavy atom. The molecular formula is C20H23N3O4. The third kappa shape index (κ3) is 4.43. The van der Waals surface area contributed by atoms with Crippen LogP contribution in [0.3, 0.4) is 0 Å². The van der Waals surface area contributed by atoms with Gasteiger partial charge in [0.05, 0.1) is 11.0 Å². The molecule has 0 radical (unpaired) electrons. The lowest BCUT2D eigenvalue weighted by Crippen LogP contribution is -2.24. The predicted octanol–water partition coefficient (Wildman–Crippen LogP) is 3.18. The van der Waals surface area contributed by atoms with E-state index in [1.165, 1.54) is 6.07 Å². The van der Waals surface area contributed by atoms with Crippen LogP contribution >= 0.6 is 0 Å². The maximum atomic E-state index is 12.4. The van der Waals surface area contributed by atoms with Crippen molar-refractivity contribution in [1.82, 2.24) is 5.32 Å². The number of nitro benzene ring substituents is 1. The van der Waals surface area contributed by atoms with Gasteiger partial charge in [0.2, 0.25) is 0 Å². The van der Waals surface area contributed by atoms with Crippen LogP contribution in [0.4, 0.5) is 11.4 Å². The van der Waals surface area contributed by atoms with E-state index in [0.29, 0.717) is 12.2 Å². The molecule has 1 amide bonds. The fraction of sp³-hybridized carbons (Fsp3) is 0.350. The SMILES string of the molecule is C[C@@H](O)c1ccc(CNC(=O)c2ccc(N3CCCC3)c([N+](=O)[O-])c2)cc1. The number of aliphatic hydroxyl groups is 1. The van der Waals surface area contributed by atoms with Gasteiger partial charge in [0.15, 0.2) is 0 Å². The molecule has 142 valence electrons. The van der Waals surface area contributed by atoms with Crippen LogP contribution in [0, 0.1) is 10.1 Å². The molecule has 3 rings (SSSR count). The van der Waals surface area contributed by atoms with Crippen LogP contribution in [0.5, 0.6) is 0 Å². The molecule has 2 aromatic rings. The van der Waals surface area contributed by atoms with Crippen molar-refractivity contribution in [1.29, 1.82) is 0 Å². The number of rotatable bonds is 6. The highest BCUT2D eigenvalue weighted by Crippen LogP contribution is 2.31. The number of hydrogen-bond donors (Lipinski definition) is 2. The summed E-state index contributed by atoms with van der Waals surface area (Å²) in [6.07, 6.45) is 1.50. The number of nitro groups is 1. The Bertz CT molecular complexity index is 828. The van der Waals surface area contributed by atoms with Crippen molar-refractivity contribution in [3.05, 3.63) is 69.3 Å². The summed E-state index contributed by atoms with van der Waals surface area (Å²) in [5.74, 6) is -0.356. The van der Waals surface area contributed by atoms with Crippen LogP contribution in [-0.2, 0) is 6.54 Å². The molecule has 1 atom stereocenters. The van der Waals surface area contributed by atoms with E-state index in [2.05, 4.69) is 5.32 Å². The Morgan fingerprint density at radius 1 is 1.22 bits per heavy atom. The summed E-state index contributed by atoms with van der Waals surface area (Å²) in [5, 5.41) is 23.8. The van der Waals surface area contributed by atoms with Gasteiger partial charge >= 0.3 is 0 Å². The zero-order valence-electron chi connectivity index (χ0n) is 15.2. The highest BCUT2D eigenvalue weighted by atomic mass is 16.6. The van der Waals surface area contributed by atoms with Crippen LogP contribution in [0.1, 0.15) is 47.4 Å². The zero-order chi connectivity index (χ0) is 19.4. The molecule has 0 aromatic heterocycles. The molecule has 0 spiro atoms. The Labute approximate surface area is 157 Å². The van der Waals surface area contributed by atoms with Crippen molar-refractivity contribution >= 4 is 17.3 Å². The summed E-state index contributed by atoms with van der Waals surface area (Å²) in [7, 11) is 0. The summed E-state index contributed by atoms with van der Waals surface area (Å²) in [6, 6.07) is 11.9. The first kappa shape index (κ1) is 18.8. The molecule has 7 heteroatoms. The van der Waals surface area contributed by atoms with E-state index in [1.54, 1.807) is 19.1 Å². The largest absolute Gasteiger partial charge is 0.389 e. The maximum absolute atomic E-state index is 12.4. The predicted molar refractivity (Wildman–Crippen MR) is 103 cm³/mol. The van der Waals surface area contributed by atoms with Crippen molar-refractivity contribution in [2.45, 2.75) is 32.4 Å². The molecule has 1 heterocycles.